The highest BCUT2D eigenvalue weighted by atomic mass is 32.2. The molecule has 5 rings (SSSR count). The second-order valence-electron chi connectivity index (χ2n) is 7.37. The molecule has 0 atom stereocenters. The number of hydrogen-bond donors (Lipinski definition) is 2. The third-order valence-electron chi connectivity index (χ3n) is 4.97. The van der Waals surface area contributed by atoms with Gasteiger partial charge >= 0.3 is 0 Å². The molecule has 7 nitrogen and oxygen atoms in total. The summed E-state index contributed by atoms with van der Waals surface area (Å²) in [6.07, 6.45) is 2.05. The molecule has 5 aromatic rings. The molecule has 10 heteroatoms. The summed E-state index contributed by atoms with van der Waals surface area (Å²) in [5.41, 5.74) is 3.25. The van der Waals surface area contributed by atoms with Crippen molar-refractivity contribution in [2.45, 2.75) is 12.2 Å². The second-order valence-corrected chi connectivity index (χ2v) is 9.22. The number of nitrogens with zero attached hydrogens (tertiary/aromatic N) is 3. The van der Waals surface area contributed by atoms with Gasteiger partial charge in [-0.1, -0.05) is 18.2 Å². The number of thioether (sulfide) groups is 1. The van der Waals surface area contributed by atoms with Crippen molar-refractivity contribution < 1.29 is 9.18 Å². The molecule has 166 valence electrons. The van der Waals surface area contributed by atoms with E-state index in [4.69, 9.17) is 0 Å². The largest absolute Gasteiger partial charge is 0.342 e. The van der Waals surface area contributed by atoms with E-state index < -0.39 is 0 Å². The highest BCUT2D eigenvalue weighted by Gasteiger charge is 2.10. The average Bonchev–Trinajstić information content (AvgIpc) is 3.42. The number of aromatic amines is 1. The van der Waals surface area contributed by atoms with Crippen molar-refractivity contribution in [2.24, 2.45) is 0 Å². The van der Waals surface area contributed by atoms with Crippen LogP contribution in [0, 0.1) is 5.82 Å². The van der Waals surface area contributed by atoms with Crippen molar-refractivity contribution in [2.75, 3.05) is 11.1 Å². The first-order valence-electron chi connectivity index (χ1n) is 10.1. The molecule has 1 amide bonds. The zero-order chi connectivity index (χ0) is 22.8. The summed E-state index contributed by atoms with van der Waals surface area (Å²) in [5.74, 6) is 0.930. The van der Waals surface area contributed by atoms with Crippen molar-refractivity contribution in [1.82, 2.24) is 19.4 Å². The Balaban J connectivity index is 1.20. The van der Waals surface area contributed by atoms with E-state index in [2.05, 4.69) is 20.3 Å². The molecule has 0 saturated heterocycles. The maximum Gasteiger partial charge on any atom is 0.258 e. The van der Waals surface area contributed by atoms with Gasteiger partial charge in [0.1, 0.15) is 11.6 Å². The van der Waals surface area contributed by atoms with Crippen molar-refractivity contribution in [1.29, 1.82) is 0 Å². The van der Waals surface area contributed by atoms with Gasteiger partial charge < -0.3 is 10.3 Å². The number of anilines is 1. The minimum absolute atomic E-state index is 0.122. The Hall–Kier alpha value is -3.50. The first kappa shape index (κ1) is 21.4. The molecule has 0 aliphatic rings. The van der Waals surface area contributed by atoms with Gasteiger partial charge in [-0.15, -0.1) is 23.1 Å². The van der Waals surface area contributed by atoms with Crippen LogP contribution in [0.3, 0.4) is 0 Å². The van der Waals surface area contributed by atoms with Gasteiger partial charge in [-0.05, 0) is 29.8 Å². The van der Waals surface area contributed by atoms with E-state index in [0.717, 1.165) is 11.0 Å². The van der Waals surface area contributed by atoms with Gasteiger partial charge in [0.05, 0.1) is 22.5 Å². The molecule has 33 heavy (non-hydrogen) atoms. The lowest BCUT2D eigenvalue weighted by atomic mass is 10.1. The third kappa shape index (κ3) is 4.81. The van der Waals surface area contributed by atoms with Gasteiger partial charge in [0.2, 0.25) is 5.91 Å². The summed E-state index contributed by atoms with van der Waals surface area (Å²) in [6.45, 7) is 0. The minimum atomic E-state index is -0.265. The van der Waals surface area contributed by atoms with Gasteiger partial charge in [-0.2, -0.15) is 0 Å². The first-order valence-corrected chi connectivity index (χ1v) is 12.1. The predicted molar refractivity (Wildman–Crippen MR) is 129 cm³/mol. The van der Waals surface area contributed by atoms with E-state index in [1.54, 1.807) is 30.5 Å². The highest BCUT2D eigenvalue weighted by molar-refractivity contribution is 7.99. The third-order valence-corrected chi connectivity index (χ3v) is 6.69. The fourth-order valence-corrected chi connectivity index (χ4v) is 4.91. The first-order chi connectivity index (χ1) is 16.0. The number of nitrogens with one attached hydrogen (secondary N) is 2. The number of H-pyrrole nitrogens is 1. The Bertz CT molecular complexity index is 1520. The molecule has 0 unspecified atom stereocenters. The van der Waals surface area contributed by atoms with Gasteiger partial charge in [-0.25, -0.2) is 14.4 Å². The zero-order valence-electron chi connectivity index (χ0n) is 17.2. The lowest BCUT2D eigenvalue weighted by molar-refractivity contribution is -0.113. The van der Waals surface area contributed by atoms with E-state index in [-0.39, 0.29) is 23.0 Å². The zero-order valence-corrected chi connectivity index (χ0v) is 18.9. The number of imidazole rings is 1. The maximum atomic E-state index is 13.9. The number of rotatable bonds is 7. The number of aromatic nitrogens is 4. The molecule has 0 aliphatic heterocycles. The molecule has 0 spiro atoms. The molecule has 3 aromatic heterocycles. The number of benzene rings is 2. The number of amides is 1. The van der Waals surface area contributed by atoms with E-state index in [1.807, 2.05) is 17.5 Å². The molecule has 0 bridgehead atoms. The van der Waals surface area contributed by atoms with Crippen LogP contribution in [0.15, 0.2) is 64.9 Å². The van der Waals surface area contributed by atoms with Gasteiger partial charge in [0, 0.05) is 35.5 Å². The average molecular weight is 480 g/mol. The van der Waals surface area contributed by atoms with Crippen LogP contribution in [0.4, 0.5) is 10.1 Å². The molecule has 2 N–H and O–H groups in total. The van der Waals surface area contributed by atoms with E-state index in [9.17, 15) is 14.0 Å². The van der Waals surface area contributed by atoms with E-state index in [1.165, 1.54) is 39.6 Å². The van der Waals surface area contributed by atoms with Crippen LogP contribution >= 0.6 is 23.1 Å². The summed E-state index contributed by atoms with van der Waals surface area (Å²) < 4.78 is 15.4. The molecule has 2 aromatic carbocycles. The topological polar surface area (TPSA) is 92.2 Å². The van der Waals surface area contributed by atoms with E-state index in [0.29, 0.717) is 39.9 Å². The molecule has 0 radical (unpaired) electrons. The Morgan fingerprint density at radius 3 is 2.94 bits per heavy atom. The summed E-state index contributed by atoms with van der Waals surface area (Å²) in [5, 5.41) is 4.69. The number of carbonyl (C=O) groups is 1. The van der Waals surface area contributed by atoms with Crippen LogP contribution in [0.1, 0.15) is 17.1 Å². The Morgan fingerprint density at radius 1 is 1.18 bits per heavy atom. The number of fused-ring (bicyclic) bond motifs is 2. The van der Waals surface area contributed by atoms with Crippen molar-refractivity contribution in [3.8, 4) is 0 Å². The smallest absolute Gasteiger partial charge is 0.258 e. The maximum absolute atomic E-state index is 13.9. The second kappa shape index (κ2) is 9.16. The summed E-state index contributed by atoms with van der Waals surface area (Å²) in [7, 11) is 0. The van der Waals surface area contributed by atoms with Crippen LogP contribution in [0.25, 0.3) is 16.0 Å². The quantitative estimate of drug-likeness (QED) is 0.364. The number of thiazole rings is 1. The normalized spacial score (nSPS) is 11.3. The van der Waals surface area contributed by atoms with Crippen molar-refractivity contribution >= 4 is 50.7 Å². The predicted octanol–water partition coefficient (Wildman–Crippen LogP) is 4.23. The lowest BCUT2D eigenvalue weighted by Gasteiger charge is -2.05. The minimum Gasteiger partial charge on any atom is -0.342 e. The Labute approximate surface area is 195 Å². The highest BCUT2D eigenvalue weighted by Crippen LogP contribution is 2.20. The summed E-state index contributed by atoms with van der Waals surface area (Å²) in [6, 6.07) is 13.5. The lowest BCUT2D eigenvalue weighted by Crippen LogP contribution is -2.15. The Morgan fingerprint density at radius 2 is 2.06 bits per heavy atom. The fraction of sp³-hybridized carbons (Fsp3) is 0.130. The summed E-state index contributed by atoms with van der Waals surface area (Å²) in [4.78, 5) is 37.2. The fourth-order valence-electron chi connectivity index (χ4n) is 3.45. The Kier molecular flexibility index (Phi) is 5.93. The van der Waals surface area contributed by atoms with Gasteiger partial charge in [-0.3, -0.25) is 14.0 Å². The van der Waals surface area contributed by atoms with Crippen LogP contribution in [0.5, 0.6) is 0 Å². The standard InChI is InChI=1S/C23H18FN5O2S2/c24-17-4-2-1-3-14(17)9-20-27-18-6-5-15(10-19(18)28-20)25-21(30)13-32-12-16-11-22(31)29-7-8-33-23(29)26-16/h1-8,10-11H,9,12-13H2,(H,25,30)(H,27,28). The van der Waals surface area contributed by atoms with Gasteiger partial charge in [0.15, 0.2) is 4.96 Å². The van der Waals surface area contributed by atoms with E-state index >= 15 is 0 Å². The molecular weight excluding hydrogens is 461 g/mol. The van der Waals surface area contributed by atoms with Crippen LogP contribution in [0.2, 0.25) is 0 Å². The summed E-state index contributed by atoms with van der Waals surface area (Å²) >= 11 is 2.79. The molecule has 0 aliphatic carbocycles. The number of halogens is 1. The molecular formula is C23H18FN5O2S2. The van der Waals surface area contributed by atoms with Crippen molar-refractivity contribution in [3.63, 3.8) is 0 Å². The van der Waals surface area contributed by atoms with Gasteiger partial charge in [0.25, 0.3) is 5.56 Å². The van der Waals surface area contributed by atoms with Crippen molar-refractivity contribution in [3.05, 3.63) is 93.4 Å². The number of hydrogen-bond acceptors (Lipinski definition) is 6. The van der Waals surface area contributed by atoms with Crippen LogP contribution in [-0.2, 0) is 17.0 Å². The molecule has 3 heterocycles. The molecule has 0 fully saturated rings. The van der Waals surface area contributed by atoms with Crippen LogP contribution < -0.4 is 10.9 Å². The monoisotopic (exact) mass is 479 g/mol. The van der Waals surface area contributed by atoms with Crippen LogP contribution in [-0.4, -0.2) is 31.0 Å². The number of carbonyl (C=O) groups excluding carboxylic acids is 1. The molecule has 0 saturated carbocycles. The SMILES string of the molecule is O=C(CSCc1cc(=O)n2ccsc2n1)Nc1ccc2nc(Cc3ccccc3F)[nH]c2c1.